The third-order valence-corrected chi connectivity index (χ3v) is 4.47. The molecule has 1 aliphatic heterocycles. The summed E-state index contributed by atoms with van der Waals surface area (Å²) in [5.41, 5.74) is 2.30. The van der Waals surface area contributed by atoms with Crippen molar-refractivity contribution in [1.82, 2.24) is 10.6 Å². The number of amides is 1. The summed E-state index contributed by atoms with van der Waals surface area (Å²) in [7, 11) is 0. The van der Waals surface area contributed by atoms with Crippen LogP contribution in [0.15, 0.2) is 18.2 Å². The zero-order chi connectivity index (χ0) is 17.3. The van der Waals surface area contributed by atoms with Crippen LogP contribution in [0.3, 0.4) is 0 Å². The van der Waals surface area contributed by atoms with Crippen molar-refractivity contribution in [3.05, 3.63) is 29.3 Å². The first-order chi connectivity index (χ1) is 10.6. The molecule has 23 heavy (non-hydrogen) atoms. The lowest BCUT2D eigenvalue weighted by Crippen LogP contribution is -2.62. The molecule has 0 aromatic heterocycles. The molecule has 4 nitrogen and oxygen atoms in total. The number of carbonyl (C=O) groups is 1. The molecule has 1 aliphatic rings. The Kier molecular flexibility index (Phi) is 5.04. The highest BCUT2D eigenvalue weighted by Gasteiger charge is 2.38. The maximum Gasteiger partial charge on any atom is 0.258 e. The summed E-state index contributed by atoms with van der Waals surface area (Å²) >= 11 is 0. The fourth-order valence-electron chi connectivity index (χ4n) is 3.72. The van der Waals surface area contributed by atoms with Crippen molar-refractivity contribution in [2.45, 2.75) is 71.5 Å². The molecular weight excluding hydrogens is 288 g/mol. The molecule has 1 amide bonds. The summed E-state index contributed by atoms with van der Waals surface area (Å²) < 4.78 is 5.70. The number of piperidine rings is 1. The van der Waals surface area contributed by atoms with E-state index in [1.54, 1.807) is 0 Å². The Balaban J connectivity index is 1.91. The zero-order valence-electron chi connectivity index (χ0n) is 15.2. The van der Waals surface area contributed by atoms with Crippen molar-refractivity contribution >= 4 is 5.91 Å². The first-order valence-electron chi connectivity index (χ1n) is 8.36. The molecule has 0 atom stereocenters. The summed E-state index contributed by atoms with van der Waals surface area (Å²) in [6.07, 6.45) is 1.84. The Morgan fingerprint density at radius 1 is 1.22 bits per heavy atom. The smallest absolute Gasteiger partial charge is 0.258 e. The first kappa shape index (κ1) is 17.8. The van der Waals surface area contributed by atoms with Gasteiger partial charge in [-0.2, -0.15) is 0 Å². The van der Waals surface area contributed by atoms with Crippen LogP contribution in [-0.4, -0.2) is 29.6 Å². The summed E-state index contributed by atoms with van der Waals surface area (Å²) in [6, 6.07) is 6.08. The molecule has 2 rings (SSSR count). The van der Waals surface area contributed by atoms with Crippen molar-refractivity contribution in [3.63, 3.8) is 0 Å². The Morgan fingerprint density at radius 2 is 1.83 bits per heavy atom. The summed E-state index contributed by atoms with van der Waals surface area (Å²) in [6.45, 7) is 12.8. The minimum atomic E-state index is -0.0515. The van der Waals surface area contributed by atoms with Gasteiger partial charge in [0.15, 0.2) is 6.61 Å². The highest BCUT2D eigenvalue weighted by atomic mass is 16.5. The van der Waals surface area contributed by atoms with Gasteiger partial charge in [-0.3, -0.25) is 4.79 Å². The van der Waals surface area contributed by atoms with Gasteiger partial charge in [-0.1, -0.05) is 12.1 Å². The van der Waals surface area contributed by atoms with E-state index in [1.807, 2.05) is 32.0 Å². The second-order valence-electron chi connectivity index (χ2n) is 8.05. The molecule has 1 heterocycles. The van der Waals surface area contributed by atoms with Gasteiger partial charge in [0, 0.05) is 17.1 Å². The van der Waals surface area contributed by atoms with Gasteiger partial charge in [-0.15, -0.1) is 0 Å². The molecule has 0 bridgehead atoms. The van der Waals surface area contributed by atoms with Crippen LogP contribution >= 0.6 is 0 Å². The monoisotopic (exact) mass is 318 g/mol. The third-order valence-electron chi connectivity index (χ3n) is 4.47. The molecule has 4 heteroatoms. The van der Waals surface area contributed by atoms with Crippen LogP contribution < -0.4 is 15.4 Å². The fraction of sp³-hybridized carbons (Fsp3) is 0.632. The fourth-order valence-corrected chi connectivity index (χ4v) is 3.72. The number of nitrogens with one attached hydrogen (secondary N) is 2. The average molecular weight is 318 g/mol. The predicted octanol–water partition coefficient (Wildman–Crippen LogP) is 3.11. The lowest BCUT2D eigenvalue weighted by Gasteiger charge is -2.46. The normalized spacial score (nSPS) is 20.1. The van der Waals surface area contributed by atoms with Gasteiger partial charge in [0.1, 0.15) is 5.75 Å². The second kappa shape index (κ2) is 6.52. The van der Waals surface area contributed by atoms with Crippen molar-refractivity contribution in [3.8, 4) is 5.75 Å². The minimum Gasteiger partial charge on any atom is -0.483 e. The van der Waals surface area contributed by atoms with Gasteiger partial charge >= 0.3 is 0 Å². The largest absolute Gasteiger partial charge is 0.483 e. The Morgan fingerprint density at radius 3 is 2.43 bits per heavy atom. The van der Waals surface area contributed by atoms with Crippen LogP contribution in [0.4, 0.5) is 0 Å². The van der Waals surface area contributed by atoms with Crippen LogP contribution in [0.25, 0.3) is 0 Å². The molecule has 1 aromatic carbocycles. The number of rotatable bonds is 4. The Labute approximate surface area is 140 Å². The number of aryl methyl sites for hydroxylation is 1. The van der Waals surface area contributed by atoms with Gasteiger partial charge in [0.25, 0.3) is 5.91 Å². The number of carbonyl (C=O) groups excluding carboxylic acids is 1. The standard InChI is InChI=1S/C19H30N2O2/c1-13-8-7-9-16(14(13)2)23-12-17(22)20-15-10-18(3,4)21-19(5,6)11-15/h7-9,15,21H,10-12H2,1-6H3,(H,20,22). The average Bonchev–Trinajstić information content (AvgIpc) is 2.36. The molecule has 0 aliphatic carbocycles. The first-order valence-corrected chi connectivity index (χ1v) is 8.36. The van der Waals surface area contributed by atoms with Gasteiger partial charge in [0.05, 0.1) is 0 Å². The number of hydrogen-bond acceptors (Lipinski definition) is 3. The van der Waals surface area contributed by atoms with E-state index in [9.17, 15) is 4.79 Å². The van der Waals surface area contributed by atoms with E-state index in [0.29, 0.717) is 0 Å². The van der Waals surface area contributed by atoms with E-state index in [2.05, 4.69) is 38.3 Å². The quantitative estimate of drug-likeness (QED) is 0.897. The highest BCUT2D eigenvalue weighted by Crippen LogP contribution is 2.28. The molecule has 128 valence electrons. The molecule has 2 N–H and O–H groups in total. The molecule has 0 radical (unpaired) electrons. The van der Waals surface area contributed by atoms with Gasteiger partial charge in [0.2, 0.25) is 0 Å². The lowest BCUT2D eigenvalue weighted by atomic mass is 9.79. The highest BCUT2D eigenvalue weighted by molar-refractivity contribution is 5.78. The summed E-state index contributed by atoms with van der Waals surface area (Å²) in [4.78, 5) is 12.2. The maximum atomic E-state index is 12.2. The van der Waals surface area contributed by atoms with Crippen molar-refractivity contribution in [2.75, 3.05) is 6.61 Å². The molecule has 1 aromatic rings. The topological polar surface area (TPSA) is 50.4 Å². The molecule has 0 saturated carbocycles. The SMILES string of the molecule is Cc1cccc(OCC(=O)NC2CC(C)(C)NC(C)(C)C2)c1C. The van der Waals surface area contributed by atoms with E-state index >= 15 is 0 Å². The zero-order valence-corrected chi connectivity index (χ0v) is 15.2. The second-order valence-corrected chi connectivity index (χ2v) is 8.05. The van der Waals surface area contributed by atoms with Crippen molar-refractivity contribution in [1.29, 1.82) is 0 Å². The van der Waals surface area contributed by atoms with Crippen LogP contribution in [-0.2, 0) is 4.79 Å². The molecule has 1 saturated heterocycles. The number of benzene rings is 1. The van der Waals surface area contributed by atoms with E-state index in [4.69, 9.17) is 4.74 Å². The summed E-state index contributed by atoms with van der Waals surface area (Å²) in [5.74, 6) is 0.732. The van der Waals surface area contributed by atoms with Crippen LogP contribution in [0.5, 0.6) is 5.75 Å². The van der Waals surface area contributed by atoms with Crippen LogP contribution in [0.2, 0.25) is 0 Å². The molecule has 0 spiro atoms. The molecule has 1 fully saturated rings. The Hall–Kier alpha value is -1.55. The molecule has 0 unspecified atom stereocenters. The van der Waals surface area contributed by atoms with Crippen molar-refractivity contribution < 1.29 is 9.53 Å². The minimum absolute atomic E-state index is 0.0215. The third kappa shape index (κ3) is 4.96. The summed E-state index contributed by atoms with van der Waals surface area (Å²) in [5, 5.41) is 6.75. The van der Waals surface area contributed by atoms with E-state index in [0.717, 1.165) is 24.2 Å². The van der Waals surface area contributed by atoms with E-state index < -0.39 is 0 Å². The Bertz CT molecular complexity index is 563. The van der Waals surface area contributed by atoms with E-state index in [1.165, 1.54) is 5.56 Å². The van der Waals surface area contributed by atoms with E-state index in [-0.39, 0.29) is 29.6 Å². The van der Waals surface area contributed by atoms with Gasteiger partial charge in [-0.25, -0.2) is 0 Å². The van der Waals surface area contributed by atoms with Crippen LogP contribution in [0, 0.1) is 13.8 Å². The van der Waals surface area contributed by atoms with Crippen molar-refractivity contribution in [2.24, 2.45) is 0 Å². The number of ether oxygens (including phenoxy) is 1. The maximum absolute atomic E-state index is 12.2. The van der Waals surface area contributed by atoms with Gasteiger partial charge in [-0.05, 0) is 71.6 Å². The molecular formula is C19H30N2O2. The lowest BCUT2D eigenvalue weighted by molar-refractivity contribution is -0.124. The van der Waals surface area contributed by atoms with Gasteiger partial charge < -0.3 is 15.4 Å². The van der Waals surface area contributed by atoms with Crippen LogP contribution in [0.1, 0.15) is 51.7 Å². The number of hydrogen-bond donors (Lipinski definition) is 2. The predicted molar refractivity (Wildman–Crippen MR) is 93.9 cm³/mol.